The first-order chi connectivity index (χ1) is 9.77. The van der Waals surface area contributed by atoms with Crippen LogP contribution >= 0.6 is 0 Å². The molecule has 0 saturated carbocycles. The fraction of sp³-hybridized carbons (Fsp3) is 0.500. The molecule has 0 spiro atoms. The van der Waals surface area contributed by atoms with Gasteiger partial charge in [-0.3, -0.25) is 0 Å². The topological polar surface area (TPSA) is 69.6 Å². The molecule has 2 N–H and O–H groups in total. The van der Waals surface area contributed by atoms with Crippen LogP contribution in [0.3, 0.4) is 0 Å². The number of hydrogen-bond acceptors (Lipinski definition) is 2. The molecule has 0 fully saturated rings. The number of hydrogen-bond donors (Lipinski definition) is 2. The largest absolute Gasteiger partial charge is 0.480 e. The summed E-state index contributed by atoms with van der Waals surface area (Å²) in [4.78, 5) is 25.1. The van der Waals surface area contributed by atoms with Crippen molar-refractivity contribution < 1.29 is 14.7 Å². The standard InChI is InChI=1S/C16H24N2O3/c1-5-16(2,3)18(4)15(21)17-13(14(19)20)11-12-9-7-6-8-10-12/h6-10,13H,5,11H2,1-4H3,(H,17,21)(H,19,20). The zero-order valence-corrected chi connectivity index (χ0v) is 13.1. The number of nitrogens with zero attached hydrogens (tertiary/aromatic N) is 1. The Kier molecular flexibility index (Phi) is 5.76. The van der Waals surface area contributed by atoms with E-state index >= 15 is 0 Å². The first-order valence-electron chi connectivity index (χ1n) is 7.09. The molecule has 0 saturated heterocycles. The van der Waals surface area contributed by atoms with Crippen LogP contribution in [0.5, 0.6) is 0 Å². The molecule has 1 aromatic rings. The number of rotatable bonds is 6. The van der Waals surface area contributed by atoms with Crippen LogP contribution in [0.1, 0.15) is 32.8 Å². The van der Waals surface area contributed by atoms with Crippen molar-refractivity contribution in [2.24, 2.45) is 0 Å². The minimum Gasteiger partial charge on any atom is -0.480 e. The summed E-state index contributed by atoms with van der Waals surface area (Å²) in [5, 5.41) is 11.9. The van der Waals surface area contributed by atoms with Crippen molar-refractivity contribution in [3.05, 3.63) is 35.9 Å². The number of nitrogens with one attached hydrogen (secondary N) is 1. The molecular formula is C16H24N2O3. The average Bonchev–Trinajstić information content (AvgIpc) is 2.46. The number of urea groups is 1. The number of aliphatic carboxylic acids is 1. The van der Waals surface area contributed by atoms with Gasteiger partial charge in [0, 0.05) is 19.0 Å². The molecule has 116 valence electrons. The predicted molar refractivity (Wildman–Crippen MR) is 82.2 cm³/mol. The third kappa shape index (κ3) is 4.77. The summed E-state index contributed by atoms with van der Waals surface area (Å²) >= 11 is 0. The summed E-state index contributed by atoms with van der Waals surface area (Å²) in [5.41, 5.74) is 0.558. The molecule has 0 aliphatic rings. The molecule has 0 aliphatic heterocycles. The molecule has 1 atom stereocenters. The van der Waals surface area contributed by atoms with Crippen LogP contribution in [0.2, 0.25) is 0 Å². The van der Waals surface area contributed by atoms with Crippen LogP contribution in [0, 0.1) is 0 Å². The summed E-state index contributed by atoms with van der Waals surface area (Å²) in [5.74, 6) is -1.03. The second kappa shape index (κ2) is 7.11. The molecule has 0 aromatic heterocycles. The average molecular weight is 292 g/mol. The van der Waals surface area contributed by atoms with Gasteiger partial charge in [-0.15, -0.1) is 0 Å². The molecular weight excluding hydrogens is 268 g/mol. The summed E-state index contributed by atoms with van der Waals surface area (Å²) in [6, 6.07) is 7.96. The first kappa shape index (κ1) is 17.0. The monoisotopic (exact) mass is 292 g/mol. The van der Waals surface area contributed by atoms with Gasteiger partial charge in [-0.05, 0) is 25.8 Å². The minimum atomic E-state index is -1.03. The molecule has 0 aliphatic carbocycles. The number of carbonyl (C=O) groups excluding carboxylic acids is 1. The van der Waals surface area contributed by atoms with Gasteiger partial charge in [0.15, 0.2) is 0 Å². The van der Waals surface area contributed by atoms with E-state index in [4.69, 9.17) is 0 Å². The Morgan fingerprint density at radius 1 is 1.29 bits per heavy atom. The number of amides is 2. The van der Waals surface area contributed by atoms with Crippen LogP contribution in [0.15, 0.2) is 30.3 Å². The van der Waals surface area contributed by atoms with E-state index in [2.05, 4.69) is 5.32 Å². The van der Waals surface area contributed by atoms with Gasteiger partial charge in [0.2, 0.25) is 0 Å². The van der Waals surface area contributed by atoms with Gasteiger partial charge >= 0.3 is 12.0 Å². The van der Waals surface area contributed by atoms with E-state index in [1.165, 1.54) is 0 Å². The van der Waals surface area contributed by atoms with Gasteiger partial charge in [-0.2, -0.15) is 0 Å². The third-order valence-electron chi connectivity index (χ3n) is 3.96. The van der Waals surface area contributed by atoms with Crippen LogP contribution in [0.4, 0.5) is 4.79 Å². The highest BCUT2D eigenvalue weighted by atomic mass is 16.4. The number of carbonyl (C=O) groups is 2. The first-order valence-corrected chi connectivity index (χ1v) is 7.09. The lowest BCUT2D eigenvalue weighted by Gasteiger charge is -2.35. The van der Waals surface area contributed by atoms with Crippen molar-refractivity contribution in [3.63, 3.8) is 0 Å². The van der Waals surface area contributed by atoms with Crippen LogP contribution in [0.25, 0.3) is 0 Å². The Morgan fingerprint density at radius 3 is 2.33 bits per heavy atom. The Labute approximate surface area is 126 Å². The molecule has 2 amide bonds. The Bertz CT molecular complexity index is 486. The third-order valence-corrected chi connectivity index (χ3v) is 3.96. The zero-order chi connectivity index (χ0) is 16.0. The second-order valence-corrected chi connectivity index (χ2v) is 5.76. The molecule has 5 heteroatoms. The number of carboxylic acids is 1. The number of carboxylic acid groups (broad SMARTS) is 1. The van der Waals surface area contributed by atoms with Gasteiger partial charge in [0.05, 0.1) is 0 Å². The van der Waals surface area contributed by atoms with E-state index in [-0.39, 0.29) is 18.0 Å². The highest BCUT2D eigenvalue weighted by Crippen LogP contribution is 2.16. The Hall–Kier alpha value is -2.04. The molecule has 21 heavy (non-hydrogen) atoms. The summed E-state index contributed by atoms with van der Waals surface area (Å²) < 4.78 is 0. The fourth-order valence-electron chi connectivity index (χ4n) is 1.81. The van der Waals surface area contributed by atoms with Gasteiger partial charge in [0.25, 0.3) is 0 Å². The predicted octanol–water partition coefficient (Wildman–Crippen LogP) is 2.51. The van der Waals surface area contributed by atoms with Crippen molar-refractivity contribution in [2.45, 2.75) is 45.2 Å². The quantitative estimate of drug-likeness (QED) is 0.846. The van der Waals surface area contributed by atoms with E-state index < -0.39 is 12.0 Å². The maximum atomic E-state index is 12.2. The molecule has 1 unspecified atom stereocenters. The maximum absolute atomic E-state index is 12.2. The van der Waals surface area contributed by atoms with Crippen molar-refractivity contribution in [2.75, 3.05) is 7.05 Å². The summed E-state index contributed by atoms with van der Waals surface area (Å²) in [7, 11) is 1.68. The van der Waals surface area contributed by atoms with Gasteiger partial charge in [-0.1, -0.05) is 37.3 Å². The zero-order valence-electron chi connectivity index (χ0n) is 13.1. The fourth-order valence-corrected chi connectivity index (χ4v) is 1.81. The van der Waals surface area contributed by atoms with Crippen LogP contribution in [-0.2, 0) is 11.2 Å². The van der Waals surface area contributed by atoms with Crippen LogP contribution < -0.4 is 5.32 Å². The van der Waals surface area contributed by atoms with E-state index in [1.54, 1.807) is 11.9 Å². The lowest BCUT2D eigenvalue weighted by atomic mass is 10.0. The lowest BCUT2D eigenvalue weighted by Crippen LogP contribution is -2.53. The van der Waals surface area contributed by atoms with Gasteiger partial charge < -0.3 is 15.3 Å². The SMILES string of the molecule is CCC(C)(C)N(C)C(=O)NC(Cc1ccccc1)C(=O)O. The Morgan fingerprint density at radius 2 is 1.86 bits per heavy atom. The van der Waals surface area contributed by atoms with Crippen molar-refractivity contribution in [1.82, 2.24) is 10.2 Å². The molecule has 1 aromatic carbocycles. The minimum absolute atomic E-state index is 0.266. The molecule has 1 rings (SSSR count). The van der Waals surface area contributed by atoms with Crippen molar-refractivity contribution in [1.29, 1.82) is 0 Å². The highest BCUT2D eigenvalue weighted by Gasteiger charge is 2.29. The number of benzene rings is 1. The lowest BCUT2D eigenvalue weighted by molar-refractivity contribution is -0.139. The van der Waals surface area contributed by atoms with E-state index in [0.29, 0.717) is 0 Å². The smallest absolute Gasteiger partial charge is 0.326 e. The molecule has 0 bridgehead atoms. The van der Waals surface area contributed by atoms with Gasteiger partial charge in [-0.25, -0.2) is 9.59 Å². The van der Waals surface area contributed by atoms with Crippen LogP contribution in [-0.4, -0.2) is 40.6 Å². The molecule has 5 nitrogen and oxygen atoms in total. The molecule has 0 radical (unpaired) electrons. The van der Waals surface area contributed by atoms with Crippen molar-refractivity contribution in [3.8, 4) is 0 Å². The Balaban J connectivity index is 2.75. The highest BCUT2D eigenvalue weighted by molar-refractivity contribution is 5.83. The van der Waals surface area contributed by atoms with Crippen molar-refractivity contribution >= 4 is 12.0 Å². The molecule has 0 heterocycles. The normalized spacial score (nSPS) is 12.6. The second-order valence-electron chi connectivity index (χ2n) is 5.76. The maximum Gasteiger partial charge on any atom is 0.326 e. The van der Waals surface area contributed by atoms with E-state index in [0.717, 1.165) is 12.0 Å². The summed E-state index contributed by atoms with van der Waals surface area (Å²) in [6.07, 6.45) is 1.05. The summed E-state index contributed by atoms with van der Waals surface area (Å²) in [6.45, 7) is 5.88. The van der Waals surface area contributed by atoms with E-state index in [9.17, 15) is 14.7 Å². The van der Waals surface area contributed by atoms with Gasteiger partial charge in [0.1, 0.15) is 6.04 Å². The van der Waals surface area contributed by atoms with E-state index in [1.807, 2.05) is 51.1 Å².